The van der Waals surface area contributed by atoms with Crippen LogP contribution in [0, 0.1) is 6.92 Å². The maximum Gasteiger partial charge on any atom is 0.241 e. The van der Waals surface area contributed by atoms with Crippen molar-refractivity contribution in [3.05, 3.63) is 35.4 Å². The van der Waals surface area contributed by atoms with Gasteiger partial charge in [0, 0.05) is 13.1 Å². The zero-order valence-electron chi connectivity index (χ0n) is 12.3. The van der Waals surface area contributed by atoms with Gasteiger partial charge in [0.25, 0.3) is 0 Å². The molecule has 0 fully saturated rings. The van der Waals surface area contributed by atoms with E-state index < -0.39 is 6.04 Å². The van der Waals surface area contributed by atoms with Gasteiger partial charge in [0.1, 0.15) is 6.04 Å². The van der Waals surface area contributed by atoms with Crippen LogP contribution < -0.4 is 11.1 Å². The highest BCUT2D eigenvalue weighted by molar-refractivity contribution is 5.85. The molecule has 3 N–H and O–H groups in total. The fourth-order valence-corrected chi connectivity index (χ4v) is 1.56. The third kappa shape index (κ3) is 7.10. The highest BCUT2D eigenvalue weighted by Crippen LogP contribution is 2.11. The number of nitrogens with two attached hydrogens (primary N) is 1. The van der Waals surface area contributed by atoms with E-state index in [4.69, 9.17) is 5.73 Å². The predicted octanol–water partition coefficient (Wildman–Crippen LogP) is 1.91. The Hall–Kier alpha value is -0.810. The summed E-state index contributed by atoms with van der Waals surface area (Å²) in [6, 6.07) is 7.15. The standard InChI is InChI=1S/C14H23N3O.2ClH/c1-4-17(3)10-9-16-14(18)13(15)12-7-5-11(2)6-8-12;;/h5-8,13H,4,9-10,15H2,1-3H3,(H,16,18);2*1H. The number of benzene rings is 1. The minimum Gasteiger partial charge on any atom is -0.353 e. The van der Waals surface area contributed by atoms with E-state index in [9.17, 15) is 4.79 Å². The lowest BCUT2D eigenvalue weighted by Gasteiger charge is -2.16. The molecule has 0 aliphatic heterocycles. The Labute approximate surface area is 133 Å². The number of carbonyl (C=O) groups excluding carboxylic acids is 1. The quantitative estimate of drug-likeness (QED) is 0.841. The summed E-state index contributed by atoms with van der Waals surface area (Å²) in [6.07, 6.45) is 0. The number of nitrogens with one attached hydrogen (secondary N) is 1. The van der Waals surface area contributed by atoms with Gasteiger partial charge in [0.15, 0.2) is 0 Å². The number of rotatable bonds is 6. The largest absolute Gasteiger partial charge is 0.353 e. The number of aryl methyl sites for hydroxylation is 1. The molecule has 0 radical (unpaired) electrons. The second-order valence-corrected chi connectivity index (χ2v) is 4.58. The molecular weight excluding hydrogens is 297 g/mol. The molecule has 20 heavy (non-hydrogen) atoms. The summed E-state index contributed by atoms with van der Waals surface area (Å²) >= 11 is 0. The lowest BCUT2D eigenvalue weighted by Crippen LogP contribution is -2.38. The molecular formula is C14H25Cl2N3O. The summed E-state index contributed by atoms with van der Waals surface area (Å²) in [7, 11) is 2.02. The number of carbonyl (C=O) groups is 1. The van der Waals surface area contributed by atoms with Crippen LogP contribution in [0.5, 0.6) is 0 Å². The van der Waals surface area contributed by atoms with Crippen LogP contribution in [-0.2, 0) is 4.79 Å². The first-order valence-corrected chi connectivity index (χ1v) is 6.33. The number of amides is 1. The number of hydrogen-bond donors (Lipinski definition) is 2. The first-order chi connectivity index (χ1) is 8.54. The van der Waals surface area contributed by atoms with Crippen LogP contribution in [-0.4, -0.2) is 37.5 Å². The third-order valence-electron chi connectivity index (χ3n) is 3.05. The van der Waals surface area contributed by atoms with Crippen molar-refractivity contribution < 1.29 is 4.79 Å². The Morgan fingerprint density at radius 1 is 1.30 bits per heavy atom. The van der Waals surface area contributed by atoms with Crippen LogP contribution in [0.2, 0.25) is 0 Å². The Morgan fingerprint density at radius 2 is 1.85 bits per heavy atom. The fourth-order valence-electron chi connectivity index (χ4n) is 1.56. The number of nitrogens with zero attached hydrogens (tertiary/aromatic N) is 1. The smallest absolute Gasteiger partial charge is 0.241 e. The average Bonchev–Trinajstić information content (AvgIpc) is 2.38. The molecule has 0 aliphatic rings. The first kappa shape index (κ1) is 21.5. The van der Waals surface area contributed by atoms with E-state index in [1.54, 1.807) is 0 Å². The van der Waals surface area contributed by atoms with Crippen molar-refractivity contribution in [2.45, 2.75) is 19.9 Å². The van der Waals surface area contributed by atoms with E-state index >= 15 is 0 Å². The molecule has 1 rings (SSSR count). The molecule has 1 aromatic rings. The van der Waals surface area contributed by atoms with E-state index in [0.29, 0.717) is 6.54 Å². The summed E-state index contributed by atoms with van der Waals surface area (Å²) in [4.78, 5) is 14.0. The lowest BCUT2D eigenvalue weighted by atomic mass is 10.1. The highest BCUT2D eigenvalue weighted by atomic mass is 35.5. The van der Waals surface area contributed by atoms with Gasteiger partial charge < -0.3 is 16.0 Å². The van der Waals surface area contributed by atoms with E-state index in [-0.39, 0.29) is 30.7 Å². The zero-order valence-corrected chi connectivity index (χ0v) is 13.9. The van der Waals surface area contributed by atoms with Crippen molar-refractivity contribution >= 4 is 30.7 Å². The van der Waals surface area contributed by atoms with Gasteiger partial charge in [-0.2, -0.15) is 0 Å². The molecule has 6 heteroatoms. The number of hydrogen-bond acceptors (Lipinski definition) is 3. The third-order valence-corrected chi connectivity index (χ3v) is 3.05. The highest BCUT2D eigenvalue weighted by Gasteiger charge is 2.14. The van der Waals surface area contributed by atoms with Crippen molar-refractivity contribution in [1.82, 2.24) is 10.2 Å². The normalized spacial score (nSPS) is 11.2. The zero-order chi connectivity index (χ0) is 13.5. The van der Waals surface area contributed by atoms with Crippen LogP contribution in [0.4, 0.5) is 0 Å². The van der Waals surface area contributed by atoms with Crippen molar-refractivity contribution in [3.8, 4) is 0 Å². The Kier molecular flexibility index (Phi) is 11.7. The molecule has 1 unspecified atom stereocenters. The molecule has 116 valence electrons. The van der Waals surface area contributed by atoms with Crippen LogP contribution in [0.15, 0.2) is 24.3 Å². The topological polar surface area (TPSA) is 58.4 Å². The molecule has 0 spiro atoms. The predicted molar refractivity (Wildman–Crippen MR) is 88.8 cm³/mol. The van der Waals surface area contributed by atoms with E-state index in [1.807, 2.05) is 38.2 Å². The van der Waals surface area contributed by atoms with Gasteiger partial charge in [-0.05, 0) is 26.1 Å². The Balaban J connectivity index is 0. The van der Waals surface area contributed by atoms with E-state index in [1.165, 1.54) is 0 Å². The molecule has 0 heterocycles. The molecule has 1 atom stereocenters. The van der Waals surface area contributed by atoms with Crippen molar-refractivity contribution in [2.24, 2.45) is 5.73 Å². The second kappa shape index (κ2) is 10.9. The van der Waals surface area contributed by atoms with E-state index in [0.717, 1.165) is 24.2 Å². The van der Waals surface area contributed by atoms with Crippen molar-refractivity contribution in [3.63, 3.8) is 0 Å². The van der Waals surface area contributed by atoms with Crippen LogP contribution in [0.1, 0.15) is 24.1 Å². The summed E-state index contributed by atoms with van der Waals surface area (Å²) in [5.41, 5.74) is 7.92. The molecule has 0 saturated carbocycles. The van der Waals surface area contributed by atoms with Crippen molar-refractivity contribution in [1.29, 1.82) is 0 Å². The van der Waals surface area contributed by atoms with Crippen LogP contribution in [0.25, 0.3) is 0 Å². The monoisotopic (exact) mass is 321 g/mol. The Bertz CT molecular complexity index is 385. The lowest BCUT2D eigenvalue weighted by molar-refractivity contribution is -0.122. The molecule has 1 amide bonds. The summed E-state index contributed by atoms with van der Waals surface area (Å²) in [6.45, 7) is 6.53. The van der Waals surface area contributed by atoms with Gasteiger partial charge in [0.2, 0.25) is 5.91 Å². The number of halogens is 2. The second-order valence-electron chi connectivity index (χ2n) is 4.58. The van der Waals surface area contributed by atoms with Crippen molar-refractivity contribution in [2.75, 3.05) is 26.7 Å². The maximum absolute atomic E-state index is 11.8. The fraction of sp³-hybridized carbons (Fsp3) is 0.500. The molecule has 0 aliphatic carbocycles. The molecule has 0 saturated heterocycles. The van der Waals surface area contributed by atoms with Gasteiger partial charge in [-0.25, -0.2) is 0 Å². The average molecular weight is 322 g/mol. The SMILES string of the molecule is CCN(C)CCNC(=O)C(N)c1ccc(C)cc1.Cl.Cl. The molecule has 0 bridgehead atoms. The van der Waals surface area contributed by atoms with Gasteiger partial charge in [-0.3, -0.25) is 4.79 Å². The first-order valence-electron chi connectivity index (χ1n) is 6.33. The summed E-state index contributed by atoms with van der Waals surface area (Å²) in [5, 5.41) is 2.86. The van der Waals surface area contributed by atoms with Gasteiger partial charge >= 0.3 is 0 Å². The minimum atomic E-state index is -0.586. The maximum atomic E-state index is 11.8. The summed E-state index contributed by atoms with van der Waals surface area (Å²) < 4.78 is 0. The molecule has 1 aromatic carbocycles. The van der Waals surface area contributed by atoms with Crippen LogP contribution >= 0.6 is 24.8 Å². The molecule has 0 aromatic heterocycles. The minimum absolute atomic E-state index is 0. The van der Waals surface area contributed by atoms with Gasteiger partial charge in [0.05, 0.1) is 0 Å². The van der Waals surface area contributed by atoms with Gasteiger partial charge in [-0.15, -0.1) is 24.8 Å². The summed E-state index contributed by atoms with van der Waals surface area (Å²) in [5.74, 6) is -0.122. The molecule has 4 nitrogen and oxygen atoms in total. The Morgan fingerprint density at radius 3 is 2.35 bits per heavy atom. The van der Waals surface area contributed by atoms with Gasteiger partial charge in [-0.1, -0.05) is 36.8 Å². The number of likely N-dealkylation sites (N-methyl/N-ethyl adjacent to an activating group) is 1. The van der Waals surface area contributed by atoms with Crippen LogP contribution in [0.3, 0.4) is 0 Å². The van der Waals surface area contributed by atoms with E-state index in [2.05, 4.69) is 17.1 Å².